The summed E-state index contributed by atoms with van der Waals surface area (Å²) in [6, 6.07) is 7.27. The Bertz CT molecular complexity index is 924. The zero-order chi connectivity index (χ0) is 16.7. The number of hydrogen-bond acceptors (Lipinski definition) is 3. The van der Waals surface area contributed by atoms with E-state index in [-0.39, 0.29) is 12.3 Å². The third-order valence-electron chi connectivity index (χ3n) is 4.04. The zero-order valence-electron chi connectivity index (χ0n) is 12.4. The molecule has 24 heavy (non-hydrogen) atoms. The number of amides is 1. The number of anilines is 1. The van der Waals surface area contributed by atoms with E-state index in [9.17, 15) is 13.6 Å². The summed E-state index contributed by atoms with van der Waals surface area (Å²) in [4.78, 5) is 20.5. The van der Waals surface area contributed by atoms with Gasteiger partial charge < -0.3 is 5.32 Å². The molecule has 0 saturated heterocycles. The van der Waals surface area contributed by atoms with E-state index < -0.39 is 17.6 Å². The number of carbonyl (C=O) groups is 1. The Balaban J connectivity index is 1.82. The summed E-state index contributed by atoms with van der Waals surface area (Å²) < 4.78 is 28.5. The highest BCUT2D eigenvalue weighted by molar-refractivity contribution is 5.94. The van der Waals surface area contributed by atoms with Crippen molar-refractivity contribution in [2.45, 2.75) is 12.3 Å². The van der Waals surface area contributed by atoms with E-state index in [1.165, 1.54) is 6.07 Å². The summed E-state index contributed by atoms with van der Waals surface area (Å²) in [6.45, 7) is 0. The van der Waals surface area contributed by atoms with Gasteiger partial charge in [0.15, 0.2) is 11.6 Å². The molecule has 0 aliphatic carbocycles. The lowest BCUT2D eigenvalue weighted by molar-refractivity contribution is -0.116. The first kappa shape index (κ1) is 14.5. The van der Waals surface area contributed by atoms with Crippen molar-refractivity contribution < 1.29 is 13.6 Å². The van der Waals surface area contributed by atoms with Crippen LogP contribution in [0.3, 0.4) is 0 Å². The fraction of sp³-hybridized carbons (Fsp3) is 0.118. The predicted molar refractivity (Wildman–Crippen MR) is 82.8 cm³/mol. The summed E-state index contributed by atoms with van der Waals surface area (Å²) in [7, 11) is 0. The molecule has 0 bridgehead atoms. The number of carbonyl (C=O) groups excluding carboxylic acids is 1. The van der Waals surface area contributed by atoms with E-state index in [1.54, 1.807) is 29.4 Å². The zero-order valence-corrected chi connectivity index (χ0v) is 12.4. The van der Waals surface area contributed by atoms with Crippen LogP contribution in [0.5, 0.6) is 0 Å². The van der Waals surface area contributed by atoms with Gasteiger partial charge in [-0.1, -0.05) is 6.07 Å². The highest BCUT2D eigenvalue weighted by Crippen LogP contribution is 2.37. The fourth-order valence-corrected chi connectivity index (χ4v) is 2.90. The average molecular weight is 326 g/mol. The lowest BCUT2D eigenvalue weighted by atomic mass is 9.90. The first-order valence-corrected chi connectivity index (χ1v) is 7.36. The second kappa shape index (κ2) is 5.52. The Kier molecular flexibility index (Phi) is 3.34. The number of fused-ring (bicyclic) bond motifs is 1. The molecule has 1 amide bonds. The van der Waals surface area contributed by atoms with E-state index in [4.69, 9.17) is 0 Å². The SMILES string of the molecule is O=C1CC(c2ccc(F)c(F)c2)c2ncn(-c3cccnc3)c2N1. The first-order chi connectivity index (χ1) is 11.6. The third kappa shape index (κ3) is 2.34. The average Bonchev–Trinajstić information content (AvgIpc) is 3.01. The van der Waals surface area contributed by atoms with Crippen LogP contribution in [0, 0.1) is 11.6 Å². The van der Waals surface area contributed by atoms with Crippen molar-refractivity contribution in [1.29, 1.82) is 0 Å². The van der Waals surface area contributed by atoms with Crippen LogP contribution in [0.15, 0.2) is 49.1 Å². The second-order valence-corrected chi connectivity index (χ2v) is 5.54. The number of hydrogen-bond donors (Lipinski definition) is 1. The molecule has 1 atom stereocenters. The Labute approximate surface area is 136 Å². The van der Waals surface area contributed by atoms with Gasteiger partial charge in [-0.3, -0.25) is 14.3 Å². The summed E-state index contributed by atoms with van der Waals surface area (Å²) in [5.41, 5.74) is 1.88. The Morgan fingerprint density at radius 3 is 2.83 bits per heavy atom. The van der Waals surface area contributed by atoms with E-state index in [0.717, 1.165) is 17.8 Å². The number of aromatic nitrogens is 3. The van der Waals surface area contributed by atoms with Gasteiger partial charge in [0.2, 0.25) is 5.91 Å². The minimum atomic E-state index is -0.938. The highest BCUT2D eigenvalue weighted by atomic mass is 19.2. The van der Waals surface area contributed by atoms with Gasteiger partial charge >= 0.3 is 0 Å². The van der Waals surface area contributed by atoms with Crippen LogP contribution in [-0.2, 0) is 4.79 Å². The maximum Gasteiger partial charge on any atom is 0.226 e. The summed E-state index contributed by atoms with van der Waals surface area (Å²) in [6.07, 6.45) is 5.01. The standard InChI is InChI=1S/C17H12F2N4O/c18-13-4-3-10(6-14(13)19)12-7-15(24)22-17-16(12)21-9-23(17)11-2-1-5-20-8-11/h1-6,8-9,12H,7H2,(H,22,24). The monoisotopic (exact) mass is 326 g/mol. The minimum Gasteiger partial charge on any atom is -0.310 e. The third-order valence-corrected chi connectivity index (χ3v) is 4.04. The number of benzene rings is 1. The van der Waals surface area contributed by atoms with E-state index in [2.05, 4.69) is 15.3 Å². The van der Waals surface area contributed by atoms with Crippen LogP contribution in [0.4, 0.5) is 14.6 Å². The molecule has 120 valence electrons. The van der Waals surface area contributed by atoms with Gasteiger partial charge in [0.1, 0.15) is 12.1 Å². The van der Waals surface area contributed by atoms with Crippen molar-refractivity contribution in [3.05, 3.63) is 71.9 Å². The first-order valence-electron chi connectivity index (χ1n) is 7.36. The van der Waals surface area contributed by atoms with Gasteiger partial charge in [0, 0.05) is 18.5 Å². The molecule has 3 aromatic rings. The van der Waals surface area contributed by atoms with Gasteiger partial charge in [0.05, 0.1) is 17.6 Å². The lowest BCUT2D eigenvalue weighted by Crippen LogP contribution is -2.25. The van der Waals surface area contributed by atoms with E-state index in [0.29, 0.717) is 17.1 Å². The van der Waals surface area contributed by atoms with Crippen LogP contribution in [0.25, 0.3) is 5.69 Å². The van der Waals surface area contributed by atoms with Crippen molar-refractivity contribution in [3.8, 4) is 5.69 Å². The fourth-order valence-electron chi connectivity index (χ4n) is 2.90. The molecule has 1 aromatic carbocycles. The molecule has 1 aliphatic rings. The lowest BCUT2D eigenvalue weighted by Gasteiger charge is -2.23. The predicted octanol–water partition coefficient (Wildman–Crippen LogP) is 3.02. The van der Waals surface area contributed by atoms with Crippen molar-refractivity contribution in [3.63, 3.8) is 0 Å². The van der Waals surface area contributed by atoms with Crippen LogP contribution in [0.1, 0.15) is 23.6 Å². The molecule has 1 aliphatic heterocycles. The summed E-state index contributed by atoms with van der Waals surface area (Å²) in [5.74, 6) is -1.97. The summed E-state index contributed by atoms with van der Waals surface area (Å²) in [5, 5.41) is 2.80. The topological polar surface area (TPSA) is 59.8 Å². The number of rotatable bonds is 2. The van der Waals surface area contributed by atoms with Gasteiger partial charge in [-0.05, 0) is 29.8 Å². The van der Waals surface area contributed by atoms with Crippen molar-refractivity contribution in [2.24, 2.45) is 0 Å². The van der Waals surface area contributed by atoms with Crippen LogP contribution >= 0.6 is 0 Å². The molecule has 4 rings (SSSR count). The summed E-state index contributed by atoms with van der Waals surface area (Å²) >= 11 is 0. The molecule has 0 radical (unpaired) electrons. The maximum atomic E-state index is 13.6. The number of pyridine rings is 1. The van der Waals surface area contributed by atoms with E-state index in [1.807, 2.05) is 6.07 Å². The Morgan fingerprint density at radius 2 is 2.08 bits per heavy atom. The number of halogens is 2. The molecule has 5 nitrogen and oxygen atoms in total. The molecular weight excluding hydrogens is 314 g/mol. The van der Waals surface area contributed by atoms with Crippen molar-refractivity contribution in [2.75, 3.05) is 5.32 Å². The molecule has 0 spiro atoms. The number of nitrogens with one attached hydrogen (secondary N) is 1. The van der Waals surface area contributed by atoms with Crippen LogP contribution < -0.4 is 5.32 Å². The van der Waals surface area contributed by atoms with Crippen LogP contribution in [0.2, 0.25) is 0 Å². The molecule has 1 N–H and O–H groups in total. The minimum absolute atomic E-state index is 0.127. The number of imidazole rings is 1. The highest BCUT2D eigenvalue weighted by Gasteiger charge is 2.31. The normalized spacial score (nSPS) is 16.6. The molecular formula is C17H12F2N4O. The Morgan fingerprint density at radius 1 is 1.21 bits per heavy atom. The van der Waals surface area contributed by atoms with Crippen LogP contribution in [-0.4, -0.2) is 20.4 Å². The number of nitrogens with zero attached hydrogens (tertiary/aromatic N) is 3. The Hall–Kier alpha value is -3.09. The molecule has 7 heteroatoms. The van der Waals surface area contributed by atoms with Gasteiger partial charge in [-0.25, -0.2) is 13.8 Å². The smallest absolute Gasteiger partial charge is 0.226 e. The second-order valence-electron chi connectivity index (χ2n) is 5.54. The van der Waals surface area contributed by atoms with E-state index >= 15 is 0 Å². The van der Waals surface area contributed by atoms with Crippen molar-refractivity contribution >= 4 is 11.7 Å². The van der Waals surface area contributed by atoms with Gasteiger partial charge in [-0.15, -0.1) is 0 Å². The molecule has 2 aromatic heterocycles. The molecule has 0 saturated carbocycles. The quantitative estimate of drug-likeness (QED) is 0.787. The maximum absolute atomic E-state index is 13.6. The molecule has 1 unspecified atom stereocenters. The molecule has 0 fully saturated rings. The van der Waals surface area contributed by atoms with Gasteiger partial charge in [-0.2, -0.15) is 0 Å². The molecule has 3 heterocycles. The van der Waals surface area contributed by atoms with Crippen molar-refractivity contribution in [1.82, 2.24) is 14.5 Å². The largest absolute Gasteiger partial charge is 0.310 e. The van der Waals surface area contributed by atoms with Gasteiger partial charge in [0.25, 0.3) is 0 Å².